The summed E-state index contributed by atoms with van der Waals surface area (Å²) in [4.78, 5) is 19.8. The van der Waals surface area contributed by atoms with Crippen molar-refractivity contribution in [2.75, 3.05) is 34.3 Å². The Hall–Kier alpha value is -1.66. The number of amides is 1. The Morgan fingerprint density at radius 2 is 2.27 bits per heavy atom. The van der Waals surface area contributed by atoms with E-state index >= 15 is 0 Å². The molecule has 0 radical (unpaired) electrons. The Labute approximate surface area is 131 Å². The molecule has 1 aromatic rings. The van der Waals surface area contributed by atoms with Crippen LogP contribution in [0, 0.1) is 0 Å². The van der Waals surface area contributed by atoms with E-state index in [-0.39, 0.29) is 12.3 Å². The molecule has 1 fully saturated rings. The van der Waals surface area contributed by atoms with Crippen LogP contribution in [0.5, 0.6) is 5.88 Å². The zero-order valence-electron chi connectivity index (χ0n) is 13.6. The molecule has 2 rings (SSSR count). The van der Waals surface area contributed by atoms with Gasteiger partial charge in [0, 0.05) is 39.4 Å². The molecule has 1 amide bonds. The van der Waals surface area contributed by atoms with E-state index in [2.05, 4.69) is 9.88 Å². The number of piperidine rings is 1. The predicted molar refractivity (Wildman–Crippen MR) is 83.6 cm³/mol. The number of hydrogen-bond donors (Lipinski definition) is 1. The predicted octanol–water partition coefficient (Wildman–Crippen LogP) is 0.895. The Kier molecular flexibility index (Phi) is 5.37. The monoisotopic (exact) mass is 307 g/mol. The second-order valence-electron chi connectivity index (χ2n) is 6.21. The average molecular weight is 307 g/mol. The molecule has 0 aliphatic carbocycles. The molecule has 0 aromatic carbocycles. The van der Waals surface area contributed by atoms with Gasteiger partial charge in [-0.05, 0) is 24.9 Å². The van der Waals surface area contributed by atoms with Crippen LogP contribution in [-0.2, 0) is 11.3 Å². The fourth-order valence-corrected chi connectivity index (χ4v) is 2.81. The second kappa shape index (κ2) is 7.07. The summed E-state index contributed by atoms with van der Waals surface area (Å²) in [5.41, 5.74) is 0.142. The largest absolute Gasteiger partial charge is 0.481 e. The quantitative estimate of drug-likeness (QED) is 0.875. The summed E-state index contributed by atoms with van der Waals surface area (Å²) < 4.78 is 5.05. The van der Waals surface area contributed by atoms with Gasteiger partial charge in [-0.15, -0.1) is 0 Å². The van der Waals surface area contributed by atoms with Gasteiger partial charge in [-0.2, -0.15) is 0 Å². The number of carbonyl (C=O) groups excluding carboxylic acids is 1. The van der Waals surface area contributed by atoms with Crippen molar-refractivity contribution in [3.8, 4) is 5.88 Å². The van der Waals surface area contributed by atoms with Crippen LogP contribution in [0.1, 0.15) is 24.8 Å². The number of aromatic nitrogens is 1. The lowest BCUT2D eigenvalue weighted by Crippen LogP contribution is -2.50. The molecule has 1 atom stereocenters. The highest BCUT2D eigenvalue weighted by atomic mass is 16.5. The van der Waals surface area contributed by atoms with Crippen LogP contribution in [0.2, 0.25) is 0 Å². The van der Waals surface area contributed by atoms with Crippen LogP contribution in [-0.4, -0.2) is 65.7 Å². The van der Waals surface area contributed by atoms with Gasteiger partial charge in [-0.25, -0.2) is 4.98 Å². The number of hydrogen-bond acceptors (Lipinski definition) is 5. The zero-order chi connectivity index (χ0) is 16.2. The molecule has 1 N–H and O–H groups in total. The van der Waals surface area contributed by atoms with Crippen molar-refractivity contribution in [3.05, 3.63) is 23.9 Å². The first-order valence-electron chi connectivity index (χ1n) is 7.56. The fourth-order valence-electron chi connectivity index (χ4n) is 2.81. The van der Waals surface area contributed by atoms with Crippen LogP contribution in [0.4, 0.5) is 0 Å². The number of aliphatic hydroxyl groups is 1. The number of rotatable bonds is 5. The van der Waals surface area contributed by atoms with E-state index in [0.29, 0.717) is 18.8 Å². The molecule has 0 spiro atoms. The van der Waals surface area contributed by atoms with Crippen LogP contribution < -0.4 is 4.74 Å². The van der Waals surface area contributed by atoms with Crippen molar-refractivity contribution in [1.29, 1.82) is 0 Å². The van der Waals surface area contributed by atoms with E-state index in [9.17, 15) is 9.90 Å². The van der Waals surface area contributed by atoms with Gasteiger partial charge >= 0.3 is 0 Å². The molecule has 1 aliphatic rings. The second-order valence-corrected chi connectivity index (χ2v) is 6.21. The smallest absolute Gasteiger partial charge is 0.224 e. The maximum atomic E-state index is 11.9. The third-order valence-corrected chi connectivity index (χ3v) is 4.03. The van der Waals surface area contributed by atoms with Crippen molar-refractivity contribution >= 4 is 5.91 Å². The number of methoxy groups -OCH3 is 1. The number of β-amino-alcohol motifs (C(OH)–C–C–N with tert-alkyl or cyclic N) is 1. The van der Waals surface area contributed by atoms with Gasteiger partial charge in [0.1, 0.15) is 0 Å². The van der Waals surface area contributed by atoms with E-state index in [0.717, 1.165) is 25.1 Å². The first-order chi connectivity index (χ1) is 10.4. The average Bonchev–Trinajstić information content (AvgIpc) is 2.47. The van der Waals surface area contributed by atoms with Crippen molar-refractivity contribution in [3.63, 3.8) is 0 Å². The molecule has 1 aliphatic heterocycles. The van der Waals surface area contributed by atoms with Crippen molar-refractivity contribution in [1.82, 2.24) is 14.8 Å². The minimum absolute atomic E-state index is 0.0320. The zero-order valence-corrected chi connectivity index (χ0v) is 13.6. The maximum absolute atomic E-state index is 11.9. The van der Waals surface area contributed by atoms with Gasteiger partial charge < -0.3 is 14.7 Å². The lowest BCUT2D eigenvalue weighted by molar-refractivity contribution is -0.136. The number of carbonyl (C=O) groups is 1. The van der Waals surface area contributed by atoms with Crippen molar-refractivity contribution < 1.29 is 14.6 Å². The summed E-state index contributed by atoms with van der Waals surface area (Å²) in [5, 5.41) is 10.7. The molecular formula is C16H25N3O3. The lowest BCUT2D eigenvalue weighted by Gasteiger charge is -2.39. The van der Waals surface area contributed by atoms with Gasteiger partial charge in [0.25, 0.3) is 0 Å². The molecule has 122 valence electrons. The van der Waals surface area contributed by atoms with Crippen LogP contribution in [0.3, 0.4) is 0 Å². The molecular weight excluding hydrogens is 282 g/mol. The van der Waals surface area contributed by atoms with E-state index in [1.165, 1.54) is 4.90 Å². The normalized spacial score (nSPS) is 22.4. The topological polar surface area (TPSA) is 65.9 Å². The number of pyridine rings is 1. The number of ether oxygens (including phenoxy) is 1. The van der Waals surface area contributed by atoms with E-state index < -0.39 is 5.60 Å². The third-order valence-electron chi connectivity index (χ3n) is 4.03. The fraction of sp³-hybridized carbons (Fsp3) is 0.625. The number of likely N-dealkylation sites (tertiary alicyclic amines) is 1. The molecule has 1 unspecified atom stereocenters. The van der Waals surface area contributed by atoms with E-state index in [1.807, 2.05) is 12.1 Å². The van der Waals surface area contributed by atoms with Crippen molar-refractivity contribution in [2.24, 2.45) is 0 Å². The minimum Gasteiger partial charge on any atom is -0.481 e. The van der Waals surface area contributed by atoms with Gasteiger partial charge in [0.05, 0.1) is 19.1 Å². The summed E-state index contributed by atoms with van der Waals surface area (Å²) in [6, 6.07) is 3.81. The van der Waals surface area contributed by atoms with Crippen LogP contribution >= 0.6 is 0 Å². The van der Waals surface area contributed by atoms with E-state index in [4.69, 9.17) is 4.74 Å². The highest BCUT2D eigenvalue weighted by Gasteiger charge is 2.35. The number of nitrogens with zero attached hydrogens (tertiary/aromatic N) is 3. The minimum atomic E-state index is -0.931. The van der Waals surface area contributed by atoms with Gasteiger partial charge in [0.15, 0.2) is 0 Å². The first-order valence-corrected chi connectivity index (χ1v) is 7.56. The summed E-state index contributed by atoms with van der Waals surface area (Å²) in [7, 11) is 5.03. The Morgan fingerprint density at radius 1 is 1.50 bits per heavy atom. The molecule has 0 saturated carbocycles. The summed E-state index contributed by atoms with van der Waals surface area (Å²) in [6.07, 6.45) is 3.53. The van der Waals surface area contributed by atoms with Crippen LogP contribution in [0.25, 0.3) is 0 Å². The summed E-state index contributed by atoms with van der Waals surface area (Å²) >= 11 is 0. The third kappa shape index (κ3) is 4.42. The van der Waals surface area contributed by atoms with Gasteiger partial charge in [-0.3, -0.25) is 9.69 Å². The summed E-state index contributed by atoms with van der Waals surface area (Å²) in [5.74, 6) is 0.561. The van der Waals surface area contributed by atoms with Gasteiger partial charge in [-0.1, -0.05) is 6.07 Å². The highest BCUT2D eigenvalue weighted by Crippen LogP contribution is 2.26. The Bertz CT molecular complexity index is 504. The molecule has 1 saturated heterocycles. The summed E-state index contributed by atoms with van der Waals surface area (Å²) in [6.45, 7) is 2.15. The van der Waals surface area contributed by atoms with E-state index in [1.54, 1.807) is 27.4 Å². The van der Waals surface area contributed by atoms with Crippen LogP contribution in [0.15, 0.2) is 18.3 Å². The molecule has 6 heteroatoms. The molecule has 6 nitrogen and oxygen atoms in total. The molecule has 0 bridgehead atoms. The highest BCUT2D eigenvalue weighted by molar-refractivity contribution is 5.76. The molecule has 1 aromatic heterocycles. The standard InChI is InChI=1S/C16H25N3O3/c1-18(2)15(20)9-16(21)7-4-8-19(12-16)11-13-5-6-14(22-3)17-10-13/h5-6,10,21H,4,7-9,11-12H2,1-3H3. The maximum Gasteiger partial charge on any atom is 0.224 e. The Morgan fingerprint density at radius 3 is 2.86 bits per heavy atom. The molecule has 2 heterocycles. The SMILES string of the molecule is COc1ccc(CN2CCCC(O)(CC(=O)N(C)C)C2)cn1. The molecule has 22 heavy (non-hydrogen) atoms. The Balaban J connectivity index is 1.95. The lowest BCUT2D eigenvalue weighted by atomic mass is 9.89. The first kappa shape index (κ1) is 16.7. The van der Waals surface area contributed by atoms with Crippen molar-refractivity contribution in [2.45, 2.75) is 31.4 Å². The van der Waals surface area contributed by atoms with Gasteiger partial charge in [0.2, 0.25) is 11.8 Å².